The molecule has 0 radical (unpaired) electrons. The van der Waals surface area contributed by atoms with Gasteiger partial charge < -0.3 is 16.0 Å². The minimum atomic E-state index is 0.304. The van der Waals surface area contributed by atoms with E-state index in [-0.39, 0.29) is 0 Å². The molecule has 14 heavy (non-hydrogen) atoms. The van der Waals surface area contributed by atoms with E-state index in [0.29, 0.717) is 5.41 Å². The van der Waals surface area contributed by atoms with Gasteiger partial charge in [0.15, 0.2) is 0 Å². The lowest BCUT2D eigenvalue weighted by Crippen LogP contribution is -2.46. The van der Waals surface area contributed by atoms with Crippen molar-refractivity contribution in [3.63, 3.8) is 0 Å². The third-order valence-electron chi connectivity index (χ3n) is 2.31. The van der Waals surface area contributed by atoms with Crippen molar-refractivity contribution in [2.24, 2.45) is 11.3 Å². The summed E-state index contributed by atoms with van der Waals surface area (Å²) in [4.78, 5) is 0. The molecule has 0 spiro atoms. The van der Waals surface area contributed by atoms with E-state index in [0.717, 1.165) is 32.1 Å². The van der Waals surface area contributed by atoms with E-state index in [1.807, 2.05) is 14.1 Å². The van der Waals surface area contributed by atoms with Crippen LogP contribution in [0.5, 0.6) is 0 Å². The molecular formula is C11H27N3. The molecule has 3 N–H and O–H groups in total. The molecule has 0 saturated heterocycles. The van der Waals surface area contributed by atoms with Gasteiger partial charge in [0.2, 0.25) is 0 Å². The van der Waals surface area contributed by atoms with E-state index >= 15 is 0 Å². The number of rotatable bonds is 8. The first-order chi connectivity index (χ1) is 6.54. The maximum absolute atomic E-state index is 3.52. The highest BCUT2D eigenvalue weighted by atomic mass is 14.9. The lowest BCUT2D eigenvalue weighted by Gasteiger charge is -2.30. The second-order valence-electron chi connectivity index (χ2n) is 4.90. The molecule has 0 aromatic carbocycles. The van der Waals surface area contributed by atoms with Gasteiger partial charge in [-0.05, 0) is 26.6 Å². The van der Waals surface area contributed by atoms with E-state index < -0.39 is 0 Å². The molecule has 0 saturated carbocycles. The summed E-state index contributed by atoms with van der Waals surface area (Å²) in [5.41, 5.74) is 0.304. The molecule has 0 rings (SSSR count). The van der Waals surface area contributed by atoms with Gasteiger partial charge in [-0.25, -0.2) is 0 Å². The first-order valence-electron chi connectivity index (χ1n) is 5.54. The maximum Gasteiger partial charge on any atom is 0.00487 e. The van der Waals surface area contributed by atoms with Crippen LogP contribution >= 0.6 is 0 Å². The minimum absolute atomic E-state index is 0.304. The van der Waals surface area contributed by atoms with E-state index in [1.165, 1.54) is 0 Å². The highest BCUT2D eigenvalue weighted by molar-refractivity contribution is 4.80. The normalized spacial score (nSPS) is 12.4. The van der Waals surface area contributed by atoms with Gasteiger partial charge in [-0.15, -0.1) is 0 Å². The van der Waals surface area contributed by atoms with Crippen molar-refractivity contribution in [3.05, 3.63) is 0 Å². The molecule has 0 aromatic heterocycles. The molecule has 0 aliphatic rings. The van der Waals surface area contributed by atoms with Gasteiger partial charge in [0.05, 0.1) is 0 Å². The summed E-state index contributed by atoms with van der Waals surface area (Å²) in [7, 11) is 4.02. The van der Waals surface area contributed by atoms with E-state index in [9.17, 15) is 0 Å². The zero-order valence-electron chi connectivity index (χ0n) is 10.4. The Kier molecular flexibility index (Phi) is 7.15. The van der Waals surface area contributed by atoms with Gasteiger partial charge >= 0.3 is 0 Å². The van der Waals surface area contributed by atoms with Crippen molar-refractivity contribution in [3.8, 4) is 0 Å². The van der Waals surface area contributed by atoms with Crippen molar-refractivity contribution in [2.75, 3.05) is 40.3 Å². The zero-order chi connectivity index (χ0) is 11.0. The standard InChI is InChI=1S/C11H27N3/c1-10(2)6-14-9-11(3,7-12-4)8-13-5/h10,12-14H,6-9H2,1-5H3. The van der Waals surface area contributed by atoms with Gasteiger partial charge in [0, 0.05) is 25.0 Å². The molecule has 0 aliphatic carbocycles. The van der Waals surface area contributed by atoms with Gasteiger partial charge in [0.1, 0.15) is 0 Å². The van der Waals surface area contributed by atoms with Crippen molar-refractivity contribution < 1.29 is 0 Å². The van der Waals surface area contributed by atoms with Crippen LogP contribution < -0.4 is 16.0 Å². The molecular weight excluding hydrogens is 174 g/mol. The van der Waals surface area contributed by atoms with Crippen molar-refractivity contribution in [1.29, 1.82) is 0 Å². The average molecular weight is 201 g/mol. The van der Waals surface area contributed by atoms with Crippen LogP contribution in [0, 0.1) is 11.3 Å². The fourth-order valence-corrected chi connectivity index (χ4v) is 1.70. The summed E-state index contributed by atoms with van der Waals surface area (Å²) in [6.07, 6.45) is 0. The molecule has 0 unspecified atom stereocenters. The Morgan fingerprint density at radius 2 is 1.50 bits per heavy atom. The maximum atomic E-state index is 3.52. The first-order valence-corrected chi connectivity index (χ1v) is 5.54. The Morgan fingerprint density at radius 1 is 1.00 bits per heavy atom. The van der Waals surface area contributed by atoms with Crippen molar-refractivity contribution in [1.82, 2.24) is 16.0 Å². The van der Waals surface area contributed by atoms with Crippen LogP contribution in [0.2, 0.25) is 0 Å². The van der Waals surface area contributed by atoms with Crippen LogP contribution in [0.15, 0.2) is 0 Å². The monoisotopic (exact) mass is 201 g/mol. The van der Waals surface area contributed by atoms with Gasteiger partial charge in [-0.1, -0.05) is 20.8 Å². The molecule has 0 aliphatic heterocycles. The van der Waals surface area contributed by atoms with Gasteiger partial charge in [-0.2, -0.15) is 0 Å². The summed E-state index contributed by atoms with van der Waals surface area (Å²) in [5.74, 6) is 0.725. The fraction of sp³-hybridized carbons (Fsp3) is 1.00. The van der Waals surface area contributed by atoms with E-state index in [2.05, 4.69) is 36.7 Å². The van der Waals surface area contributed by atoms with E-state index in [1.54, 1.807) is 0 Å². The molecule has 86 valence electrons. The molecule has 3 heteroatoms. The quantitative estimate of drug-likeness (QED) is 0.540. The third-order valence-corrected chi connectivity index (χ3v) is 2.31. The molecule has 0 fully saturated rings. The Balaban J connectivity index is 3.83. The summed E-state index contributed by atoms with van der Waals surface area (Å²) in [6, 6.07) is 0. The number of hydrogen-bond donors (Lipinski definition) is 3. The third kappa shape index (κ3) is 6.35. The SMILES string of the molecule is CNCC(C)(CNC)CNCC(C)C. The average Bonchev–Trinajstić information content (AvgIpc) is 2.03. The summed E-state index contributed by atoms with van der Waals surface area (Å²) in [5, 5.41) is 10.0. The Morgan fingerprint density at radius 3 is 1.86 bits per heavy atom. The number of nitrogens with one attached hydrogen (secondary N) is 3. The lowest BCUT2D eigenvalue weighted by molar-refractivity contribution is 0.283. The highest BCUT2D eigenvalue weighted by Crippen LogP contribution is 2.11. The summed E-state index contributed by atoms with van der Waals surface area (Å²) >= 11 is 0. The van der Waals surface area contributed by atoms with Gasteiger partial charge in [0.25, 0.3) is 0 Å². The second-order valence-corrected chi connectivity index (χ2v) is 4.90. The highest BCUT2D eigenvalue weighted by Gasteiger charge is 2.21. The molecule has 0 aromatic rings. The molecule has 0 bridgehead atoms. The Hall–Kier alpha value is -0.120. The van der Waals surface area contributed by atoms with E-state index in [4.69, 9.17) is 0 Å². The van der Waals surface area contributed by atoms with Crippen molar-refractivity contribution in [2.45, 2.75) is 20.8 Å². The van der Waals surface area contributed by atoms with Gasteiger partial charge in [-0.3, -0.25) is 0 Å². The summed E-state index contributed by atoms with van der Waals surface area (Å²) < 4.78 is 0. The topological polar surface area (TPSA) is 36.1 Å². The largest absolute Gasteiger partial charge is 0.319 e. The predicted octanol–water partition coefficient (Wildman–Crippen LogP) is 0.677. The molecule has 3 nitrogen and oxygen atoms in total. The summed E-state index contributed by atoms with van der Waals surface area (Å²) in [6.45, 7) is 11.0. The Labute approximate surface area is 89.0 Å². The number of hydrogen-bond acceptors (Lipinski definition) is 3. The Bertz CT molecular complexity index is 128. The lowest BCUT2D eigenvalue weighted by atomic mass is 9.90. The molecule has 0 atom stereocenters. The smallest absolute Gasteiger partial charge is 0.00487 e. The van der Waals surface area contributed by atoms with Crippen LogP contribution in [0.4, 0.5) is 0 Å². The molecule has 0 amide bonds. The second kappa shape index (κ2) is 7.21. The molecule has 0 heterocycles. The van der Waals surface area contributed by atoms with Crippen LogP contribution in [-0.4, -0.2) is 40.3 Å². The van der Waals surface area contributed by atoms with Crippen molar-refractivity contribution >= 4 is 0 Å². The zero-order valence-corrected chi connectivity index (χ0v) is 10.4. The van der Waals surface area contributed by atoms with Crippen LogP contribution in [-0.2, 0) is 0 Å². The minimum Gasteiger partial charge on any atom is -0.319 e. The van der Waals surface area contributed by atoms with Crippen LogP contribution in [0.3, 0.4) is 0 Å². The van der Waals surface area contributed by atoms with Crippen LogP contribution in [0.1, 0.15) is 20.8 Å². The van der Waals surface area contributed by atoms with Crippen LogP contribution in [0.25, 0.3) is 0 Å². The predicted molar refractivity (Wildman–Crippen MR) is 63.7 cm³/mol. The fourth-order valence-electron chi connectivity index (χ4n) is 1.70. The first kappa shape index (κ1) is 13.9.